The second kappa shape index (κ2) is 8.59. The lowest BCUT2D eigenvalue weighted by Crippen LogP contribution is -2.15. The van der Waals surface area contributed by atoms with Crippen LogP contribution in [0.25, 0.3) is 10.2 Å². The highest BCUT2D eigenvalue weighted by atomic mass is 32.2. The lowest BCUT2D eigenvalue weighted by molar-refractivity contribution is -0.113. The summed E-state index contributed by atoms with van der Waals surface area (Å²) in [4.78, 5) is 34.3. The number of aromatic nitrogens is 2. The van der Waals surface area contributed by atoms with E-state index in [1.54, 1.807) is 11.3 Å². The summed E-state index contributed by atoms with van der Waals surface area (Å²) < 4.78 is 5.60. The van der Waals surface area contributed by atoms with Crippen LogP contribution < -0.4 is 15.6 Å². The molecule has 1 aliphatic rings. The molecular weight excluding hydrogens is 406 g/mol. The van der Waals surface area contributed by atoms with Crippen LogP contribution in [0.4, 0.5) is 5.69 Å². The molecule has 2 heterocycles. The van der Waals surface area contributed by atoms with Crippen molar-refractivity contribution in [2.45, 2.75) is 50.8 Å². The number of thioether (sulfide) groups is 1. The minimum Gasteiger partial charge on any atom is -0.491 e. The van der Waals surface area contributed by atoms with Gasteiger partial charge in [0, 0.05) is 10.6 Å². The number of ether oxygens (including phenoxy) is 1. The van der Waals surface area contributed by atoms with E-state index in [0.29, 0.717) is 10.8 Å². The summed E-state index contributed by atoms with van der Waals surface area (Å²) in [6, 6.07) is 7.27. The first-order chi connectivity index (χ1) is 14.0. The average molecular weight is 430 g/mol. The van der Waals surface area contributed by atoms with Crippen molar-refractivity contribution in [1.82, 2.24) is 9.97 Å². The standard InChI is InChI=1S/C21H23N3O3S2/c1-12(2)27-14-9-7-13(8-10-14)22-17(25)11-28-21-23-19(26)18-15-5-3-4-6-16(15)29-20(18)24-21/h7-10,12H,3-6,11H2,1-2H3,(H,22,25)(H,23,24,26). The molecule has 0 bridgehead atoms. The Hall–Kier alpha value is -2.32. The van der Waals surface area contributed by atoms with Gasteiger partial charge in [0.1, 0.15) is 10.6 Å². The highest BCUT2D eigenvalue weighted by molar-refractivity contribution is 7.99. The van der Waals surface area contributed by atoms with Gasteiger partial charge in [-0.25, -0.2) is 4.98 Å². The second-order valence-corrected chi connectivity index (χ2v) is 9.34. The van der Waals surface area contributed by atoms with E-state index >= 15 is 0 Å². The van der Waals surface area contributed by atoms with Gasteiger partial charge in [-0.05, 0) is 69.4 Å². The van der Waals surface area contributed by atoms with Crippen LogP contribution in [-0.2, 0) is 17.6 Å². The topological polar surface area (TPSA) is 84.1 Å². The molecule has 8 heteroatoms. The van der Waals surface area contributed by atoms with Gasteiger partial charge in [0.2, 0.25) is 5.91 Å². The number of fused-ring (bicyclic) bond motifs is 3. The van der Waals surface area contributed by atoms with E-state index in [1.807, 2.05) is 38.1 Å². The Morgan fingerprint density at radius 2 is 2.03 bits per heavy atom. The summed E-state index contributed by atoms with van der Waals surface area (Å²) in [6.45, 7) is 3.93. The van der Waals surface area contributed by atoms with Crippen molar-refractivity contribution in [3.8, 4) is 5.75 Å². The van der Waals surface area contributed by atoms with Gasteiger partial charge >= 0.3 is 0 Å². The largest absolute Gasteiger partial charge is 0.491 e. The van der Waals surface area contributed by atoms with Crippen LogP contribution in [0.1, 0.15) is 37.1 Å². The van der Waals surface area contributed by atoms with E-state index in [2.05, 4.69) is 15.3 Å². The number of anilines is 1. The fourth-order valence-electron chi connectivity index (χ4n) is 3.43. The van der Waals surface area contributed by atoms with Crippen molar-refractivity contribution in [2.75, 3.05) is 11.1 Å². The van der Waals surface area contributed by atoms with E-state index in [0.717, 1.165) is 35.2 Å². The second-order valence-electron chi connectivity index (χ2n) is 7.29. The summed E-state index contributed by atoms with van der Waals surface area (Å²) in [6.07, 6.45) is 4.38. The molecule has 0 fully saturated rings. The SMILES string of the molecule is CC(C)Oc1ccc(NC(=O)CSc2nc3sc4c(c3c(=O)[nH]2)CCCC4)cc1. The number of nitrogens with one attached hydrogen (secondary N) is 2. The van der Waals surface area contributed by atoms with Gasteiger partial charge in [-0.2, -0.15) is 0 Å². The molecular formula is C21H23N3O3S2. The Kier molecular flexibility index (Phi) is 5.91. The van der Waals surface area contributed by atoms with Crippen molar-refractivity contribution in [3.05, 3.63) is 45.1 Å². The lowest BCUT2D eigenvalue weighted by Gasteiger charge is -2.10. The van der Waals surface area contributed by atoms with E-state index in [9.17, 15) is 9.59 Å². The van der Waals surface area contributed by atoms with Gasteiger partial charge < -0.3 is 15.0 Å². The number of aromatic amines is 1. The molecule has 0 saturated carbocycles. The molecule has 3 aromatic rings. The zero-order valence-electron chi connectivity index (χ0n) is 16.4. The number of amides is 1. The van der Waals surface area contributed by atoms with Gasteiger partial charge in [0.15, 0.2) is 5.16 Å². The van der Waals surface area contributed by atoms with Crippen LogP contribution in [0.15, 0.2) is 34.2 Å². The van der Waals surface area contributed by atoms with Crippen LogP contribution >= 0.6 is 23.1 Å². The summed E-state index contributed by atoms with van der Waals surface area (Å²) in [5.41, 5.74) is 1.77. The average Bonchev–Trinajstić information content (AvgIpc) is 3.06. The quantitative estimate of drug-likeness (QED) is 0.449. The first-order valence-electron chi connectivity index (χ1n) is 9.73. The van der Waals surface area contributed by atoms with Gasteiger partial charge in [-0.3, -0.25) is 9.59 Å². The van der Waals surface area contributed by atoms with Crippen molar-refractivity contribution in [2.24, 2.45) is 0 Å². The fraction of sp³-hybridized carbons (Fsp3) is 0.381. The number of benzene rings is 1. The Balaban J connectivity index is 1.40. The third kappa shape index (κ3) is 4.64. The number of hydrogen-bond donors (Lipinski definition) is 2. The summed E-state index contributed by atoms with van der Waals surface area (Å²) in [5.74, 6) is 0.783. The predicted molar refractivity (Wildman–Crippen MR) is 118 cm³/mol. The number of carbonyl (C=O) groups excluding carboxylic acids is 1. The zero-order valence-corrected chi connectivity index (χ0v) is 18.0. The zero-order chi connectivity index (χ0) is 20.4. The molecule has 1 amide bonds. The number of rotatable bonds is 6. The molecule has 2 aromatic heterocycles. The molecule has 29 heavy (non-hydrogen) atoms. The van der Waals surface area contributed by atoms with E-state index in [1.165, 1.54) is 28.6 Å². The lowest BCUT2D eigenvalue weighted by atomic mass is 9.97. The minimum absolute atomic E-state index is 0.0990. The molecule has 152 valence electrons. The third-order valence-electron chi connectivity index (χ3n) is 4.65. The Labute approximate surface area is 177 Å². The maximum absolute atomic E-state index is 12.6. The highest BCUT2D eigenvalue weighted by Crippen LogP contribution is 2.34. The molecule has 2 N–H and O–H groups in total. The molecule has 0 aliphatic heterocycles. The van der Waals surface area contributed by atoms with E-state index < -0.39 is 0 Å². The van der Waals surface area contributed by atoms with Gasteiger partial charge in [-0.1, -0.05) is 11.8 Å². The number of nitrogens with zero attached hydrogens (tertiary/aromatic N) is 1. The minimum atomic E-state index is -0.152. The molecule has 1 aromatic carbocycles. The monoisotopic (exact) mass is 429 g/mol. The highest BCUT2D eigenvalue weighted by Gasteiger charge is 2.20. The molecule has 0 spiro atoms. The van der Waals surface area contributed by atoms with E-state index in [4.69, 9.17) is 4.74 Å². The smallest absolute Gasteiger partial charge is 0.260 e. The van der Waals surface area contributed by atoms with Crippen LogP contribution in [0.3, 0.4) is 0 Å². The molecule has 1 aliphatic carbocycles. The number of hydrogen-bond acceptors (Lipinski definition) is 6. The van der Waals surface area contributed by atoms with Crippen LogP contribution in [0.2, 0.25) is 0 Å². The fourth-order valence-corrected chi connectivity index (χ4v) is 5.41. The maximum atomic E-state index is 12.6. The normalized spacial score (nSPS) is 13.5. The Morgan fingerprint density at radius 1 is 1.28 bits per heavy atom. The molecule has 0 unspecified atom stereocenters. The van der Waals surface area contributed by atoms with Crippen molar-refractivity contribution >= 4 is 44.9 Å². The third-order valence-corrected chi connectivity index (χ3v) is 6.71. The van der Waals surface area contributed by atoms with Crippen molar-refractivity contribution < 1.29 is 9.53 Å². The van der Waals surface area contributed by atoms with Crippen molar-refractivity contribution in [3.63, 3.8) is 0 Å². The predicted octanol–water partition coefficient (Wildman–Crippen LogP) is 4.38. The van der Waals surface area contributed by atoms with Crippen LogP contribution in [-0.4, -0.2) is 27.7 Å². The first-order valence-corrected chi connectivity index (χ1v) is 11.5. The van der Waals surface area contributed by atoms with Gasteiger partial charge in [0.25, 0.3) is 5.56 Å². The summed E-state index contributed by atoms with van der Waals surface area (Å²) in [5, 5.41) is 4.07. The van der Waals surface area contributed by atoms with Gasteiger partial charge in [0.05, 0.1) is 17.2 Å². The first kappa shape index (κ1) is 20.0. The van der Waals surface area contributed by atoms with Crippen molar-refractivity contribution in [1.29, 1.82) is 0 Å². The molecule has 6 nitrogen and oxygen atoms in total. The summed E-state index contributed by atoms with van der Waals surface area (Å²) in [7, 11) is 0. The number of H-pyrrole nitrogens is 1. The Bertz CT molecular complexity index is 1090. The van der Waals surface area contributed by atoms with E-state index in [-0.39, 0.29) is 23.3 Å². The molecule has 0 atom stereocenters. The Morgan fingerprint density at radius 3 is 2.79 bits per heavy atom. The molecule has 0 saturated heterocycles. The number of carbonyl (C=O) groups is 1. The number of thiophene rings is 1. The summed E-state index contributed by atoms with van der Waals surface area (Å²) >= 11 is 2.85. The van der Waals surface area contributed by atoms with Gasteiger partial charge in [-0.15, -0.1) is 11.3 Å². The number of aryl methyl sites for hydroxylation is 2. The van der Waals surface area contributed by atoms with Crippen LogP contribution in [0.5, 0.6) is 5.75 Å². The maximum Gasteiger partial charge on any atom is 0.260 e. The molecule has 0 radical (unpaired) electrons. The van der Waals surface area contributed by atoms with Crippen LogP contribution in [0, 0.1) is 0 Å². The molecule has 4 rings (SSSR count).